The number of nitrogens with zero attached hydrogens (tertiary/aromatic N) is 2. The Bertz CT molecular complexity index is 772. The highest BCUT2D eigenvalue weighted by Gasteiger charge is 2.44. The van der Waals surface area contributed by atoms with Gasteiger partial charge < -0.3 is 5.73 Å². The summed E-state index contributed by atoms with van der Waals surface area (Å²) in [5.41, 5.74) is 2.71. The average Bonchev–Trinajstić information content (AvgIpc) is 2.89. The van der Waals surface area contributed by atoms with Crippen molar-refractivity contribution in [2.24, 2.45) is 11.1 Å². The first-order valence-corrected chi connectivity index (χ1v) is 8.41. The van der Waals surface area contributed by atoms with Crippen molar-refractivity contribution in [3.05, 3.63) is 33.9 Å². The molecule has 12 heteroatoms. The first-order chi connectivity index (χ1) is 10.9. The molecule has 0 aromatic heterocycles. The number of non-ortho nitro benzene ring substituents is 1. The summed E-state index contributed by atoms with van der Waals surface area (Å²) in [6, 6.07) is 1.62. The molecule has 1 aromatic carbocycles. The van der Waals surface area contributed by atoms with E-state index in [2.05, 4.69) is 0 Å². The van der Waals surface area contributed by atoms with E-state index in [1.165, 1.54) is 0 Å². The molecule has 0 spiro atoms. The third-order valence-electron chi connectivity index (χ3n) is 4.11. The van der Waals surface area contributed by atoms with Gasteiger partial charge >= 0.3 is 6.18 Å². The standard InChI is InChI=1S/C13H16F3N3O4S.ClH/c1-12(7-17)4-5-18(8-12)24(22,23)11-3-2-9(19(20)21)6-10(11)13(14,15)16;/h2-3,6H,4-5,7-8,17H2,1H3;1H. The summed E-state index contributed by atoms with van der Waals surface area (Å²) in [5, 5.41) is 10.7. The van der Waals surface area contributed by atoms with E-state index in [1.807, 2.05) is 0 Å². The van der Waals surface area contributed by atoms with Crippen molar-refractivity contribution >= 4 is 28.1 Å². The molecule has 2 N–H and O–H groups in total. The van der Waals surface area contributed by atoms with Gasteiger partial charge in [-0.25, -0.2) is 8.42 Å². The monoisotopic (exact) mass is 403 g/mol. The van der Waals surface area contributed by atoms with Gasteiger partial charge in [0, 0.05) is 25.2 Å². The maximum Gasteiger partial charge on any atom is 0.417 e. The lowest BCUT2D eigenvalue weighted by Crippen LogP contribution is -2.35. The molecule has 1 fully saturated rings. The lowest BCUT2D eigenvalue weighted by Gasteiger charge is -2.23. The molecule has 1 unspecified atom stereocenters. The summed E-state index contributed by atoms with van der Waals surface area (Å²) in [6.45, 7) is 2.00. The number of rotatable bonds is 4. The fraction of sp³-hybridized carbons (Fsp3) is 0.538. The van der Waals surface area contributed by atoms with Gasteiger partial charge in [-0.2, -0.15) is 17.5 Å². The highest BCUT2D eigenvalue weighted by atomic mass is 35.5. The molecule has 1 heterocycles. The van der Waals surface area contributed by atoms with Gasteiger partial charge in [-0.3, -0.25) is 10.1 Å². The Balaban J connectivity index is 0.00000312. The van der Waals surface area contributed by atoms with Crippen LogP contribution in [0.4, 0.5) is 18.9 Å². The average molecular weight is 404 g/mol. The van der Waals surface area contributed by atoms with Gasteiger partial charge in [-0.15, -0.1) is 12.4 Å². The minimum absolute atomic E-state index is 0. The number of halogens is 4. The van der Waals surface area contributed by atoms with Crippen LogP contribution < -0.4 is 5.73 Å². The van der Waals surface area contributed by atoms with E-state index in [1.54, 1.807) is 6.92 Å². The van der Waals surface area contributed by atoms with Crippen LogP contribution in [0.25, 0.3) is 0 Å². The fourth-order valence-corrected chi connectivity index (χ4v) is 4.35. The van der Waals surface area contributed by atoms with Crippen molar-refractivity contribution in [3.8, 4) is 0 Å². The maximum atomic E-state index is 13.2. The predicted molar refractivity (Wildman–Crippen MR) is 85.9 cm³/mol. The number of nitrogens with two attached hydrogens (primary N) is 1. The predicted octanol–water partition coefficient (Wildman–Crippen LogP) is 2.39. The van der Waals surface area contributed by atoms with E-state index in [0.717, 1.165) is 10.4 Å². The number of sulfonamides is 1. The van der Waals surface area contributed by atoms with Crippen LogP contribution in [0, 0.1) is 15.5 Å². The van der Waals surface area contributed by atoms with Crippen molar-refractivity contribution < 1.29 is 26.5 Å². The summed E-state index contributed by atoms with van der Waals surface area (Å²) in [4.78, 5) is 8.69. The fourth-order valence-electron chi connectivity index (χ4n) is 2.57. The minimum Gasteiger partial charge on any atom is -0.330 e. The molecule has 1 saturated heterocycles. The smallest absolute Gasteiger partial charge is 0.330 e. The number of nitro benzene ring substituents is 1. The molecular weight excluding hydrogens is 387 g/mol. The summed E-state index contributed by atoms with van der Waals surface area (Å²) >= 11 is 0. The summed E-state index contributed by atoms with van der Waals surface area (Å²) in [5.74, 6) is 0. The van der Waals surface area contributed by atoms with Crippen molar-refractivity contribution in [3.63, 3.8) is 0 Å². The van der Waals surface area contributed by atoms with E-state index in [4.69, 9.17) is 5.73 Å². The topological polar surface area (TPSA) is 107 Å². The normalized spacial score (nSPS) is 21.8. The number of hydrogen-bond acceptors (Lipinski definition) is 5. The molecule has 1 atom stereocenters. The molecule has 25 heavy (non-hydrogen) atoms. The van der Waals surface area contributed by atoms with Crippen molar-refractivity contribution in [2.45, 2.75) is 24.4 Å². The van der Waals surface area contributed by atoms with Gasteiger partial charge in [0.05, 0.1) is 15.4 Å². The Labute approximate surface area is 148 Å². The molecule has 1 aliphatic rings. The van der Waals surface area contributed by atoms with Crippen LogP contribution in [0.3, 0.4) is 0 Å². The summed E-state index contributed by atoms with van der Waals surface area (Å²) in [7, 11) is -4.44. The molecule has 0 amide bonds. The lowest BCUT2D eigenvalue weighted by molar-refractivity contribution is -0.385. The highest BCUT2D eigenvalue weighted by Crippen LogP contribution is 2.39. The largest absolute Gasteiger partial charge is 0.417 e. The van der Waals surface area contributed by atoms with E-state index in [0.29, 0.717) is 12.5 Å². The van der Waals surface area contributed by atoms with Gasteiger partial charge in [0.1, 0.15) is 0 Å². The Morgan fingerprint density at radius 1 is 1.40 bits per heavy atom. The quantitative estimate of drug-likeness (QED) is 0.613. The van der Waals surface area contributed by atoms with Crippen LogP contribution in [0.2, 0.25) is 0 Å². The molecule has 0 bridgehead atoms. The second kappa shape index (κ2) is 7.06. The van der Waals surface area contributed by atoms with E-state index in [9.17, 15) is 31.7 Å². The van der Waals surface area contributed by atoms with Crippen LogP contribution in [-0.4, -0.2) is 37.3 Å². The zero-order valence-electron chi connectivity index (χ0n) is 13.1. The summed E-state index contributed by atoms with van der Waals surface area (Å²) in [6.07, 6.45) is -4.61. The third kappa shape index (κ3) is 4.22. The van der Waals surface area contributed by atoms with Crippen LogP contribution in [-0.2, 0) is 16.2 Å². The Morgan fingerprint density at radius 2 is 2.00 bits per heavy atom. The second-order valence-electron chi connectivity index (χ2n) is 6.04. The van der Waals surface area contributed by atoms with E-state index >= 15 is 0 Å². The van der Waals surface area contributed by atoms with Gasteiger partial charge in [0.15, 0.2) is 0 Å². The molecule has 142 valence electrons. The lowest BCUT2D eigenvalue weighted by atomic mass is 9.90. The van der Waals surface area contributed by atoms with Crippen LogP contribution in [0.15, 0.2) is 23.1 Å². The second-order valence-corrected chi connectivity index (χ2v) is 7.95. The Hall–Kier alpha value is -1.43. The number of nitro groups is 1. The van der Waals surface area contributed by atoms with Crippen LogP contribution in [0.5, 0.6) is 0 Å². The van der Waals surface area contributed by atoms with Gasteiger partial charge in [-0.1, -0.05) is 6.92 Å². The SMILES string of the molecule is CC1(CN)CCN(S(=O)(=O)c2ccc([N+](=O)[O-])cc2C(F)(F)F)C1.Cl. The van der Waals surface area contributed by atoms with Crippen molar-refractivity contribution in [1.82, 2.24) is 4.31 Å². The number of benzene rings is 1. The van der Waals surface area contributed by atoms with Gasteiger partial charge in [0.25, 0.3) is 5.69 Å². The molecule has 7 nitrogen and oxygen atoms in total. The third-order valence-corrected chi connectivity index (χ3v) is 6.02. The molecule has 0 aliphatic carbocycles. The van der Waals surface area contributed by atoms with Gasteiger partial charge in [-0.05, 0) is 24.4 Å². The first kappa shape index (κ1) is 21.6. The van der Waals surface area contributed by atoms with E-state index in [-0.39, 0.29) is 38.1 Å². The highest BCUT2D eigenvalue weighted by molar-refractivity contribution is 7.89. The Kier molecular flexibility index (Phi) is 6.10. The minimum atomic E-state index is -5.04. The molecule has 0 saturated carbocycles. The number of hydrogen-bond donors (Lipinski definition) is 1. The van der Waals surface area contributed by atoms with Crippen LogP contribution >= 0.6 is 12.4 Å². The maximum absolute atomic E-state index is 13.2. The number of alkyl halides is 3. The first-order valence-electron chi connectivity index (χ1n) is 6.97. The molecule has 2 rings (SSSR count). The zero-order valence-corrected chi connectivity index (χ0v) is 14.7. The van der Waals surface area contributed by atoms with Crippen LogP contribution in [0.1, 0.15) is 18.9 Å². The molecule has 0 radical (unpaired) electrons. The summed E-state index contributed by atoms with van der Waals surface area (Å²) < 4.78 is 65.8. The van der Waals surface area contributed by atoms with Crippen molar-refractivity contribution in [2.75, 3.05) is 19.6 Å². The molecular formula is C13H17ClF3N3O4S. The molecule has 1 aliphatic heterocycles. The Morgan fingerprint density at radius 3 is 2.44 bits per heavy atom. The zero-order chi connectivity index (χ0) is 18.3. The van der Waals surface area contributed by atoms with Gasteiger partial charge in [0.2, 0.25) is 10.0 Å². The molecule has 1 aromatic rings. The van der Waals surface area contributed by atoms with E-state index < -0.39 is 42.7 Å². The van der Waals surface area contributed by atoms with Crippen molar-refractivity contribution in [1.29, 1.82) is 0 Å².